The zero-order valence-electron chi connectivity index (χ0n) is 33.6. The summed E-state index contributed by atoms with van der Waals surface area (Å²) in [6.07, 6.45) is 0. The molecule has 370 valence electrons. The fourth-order valence-electron chi connectivity index (χ4n) is 6.11. The average molecular weight is 1110 g/mol. The smallest absolute Gasteiger partial charge is 0.297 e. The lowest BCUT2D eigenvalue weighted by atomic mass is 10.0. The number of hydrogen-bond acceptors (Lipinski definition) is 27. The Morgan fingerprint density at radius 2 is 1.16 bits per heavy atom. The number of phenolic OH excluding ortho intramolecular Hbond substituents is 2. The van der Waals surface area contributed by atoms with E-state index in [1.54, 1.807) is 0 Å². The topological polar surface area (TPSA) is 479 Å². The van der Waals surface area contributed by atoms with E-state index in [0.717, 1.165) is 30.3 Å². The molecule has 0 aliphatic carbocycles. The van der Waals surface area contributed by atoms with Crippen molar-refractivity contribution in [1.29, 1.82) is 0 Å². The maximum atomic E-state index is 13.0. The van der Waals surface area contributed by atoms with Crippen molar-refractivity contribution in [3.8, 4) is 11.5 Å². The lowest BCUT2D eigenvalue weighted by Crippen LogP contribution is -2.03. The summed E-state index contributed by atoms with van der Waals surface area (Å²) in [7, 11) is -21.8. The zero-order valence-corrected chi connectivity index (χ0v) is 39.3. The molecule has 0 heterocycles. The Morgan fingerprint density at radius 3 is 1.74 bits per heavy atom. The summed E-state index contributed by atoms with van der Waals surface area (Å²) >= 11 is 6.48. The summed E-state index contributed by atoms with van der Waals surface area (Å²) in [4.78, 5) is 4.82. The van der Waals surface area contributed by atoms with Crippen LogP contribution in [0, 0.1) is 17.0 Å². The van der Waals surface area contributed by atoms with Gasteiger partial charge in [-0.15, -0.1) is 39.4 Å². The van der Waals surface area contributed by atoms with Crippen LogP contribution in [0.15, 0.2) is 121 Å². The van der Waals surface area contributed by atoms with Crippen LogP contribution in [-0.4, -0.2) is 77.5 Å². The summed E-state index contributed by atoms with van der Waals surface area (Å²) in [5, 5.41) is 78.3. The molecule has 0 amide bonds. The number of non-ortho nitro benzene ring substituents is 1. The van der Waals surface area contributed by atoms with E-state index >= 15 is 0 Å². The van der Waals surface area contributed by atoms with Crippen molar-refractivity contribution < 1.29 is 96.3 Å². The van der Waals surface area contributed by atoms with E-state index in [-0.39, 0.29) is 27.6 Å². The van der Waals surface area contributed by atoms with E-state index in [2.05, 4.69) is 49.4 Å². The first-order valence-electron chi connectivity index (χ1n) is 17.6. The number of nitrogens with zero attached hydrogens (tertiary/aromatic N) is 7. The van der Waals surface area contributed by atoms with Gasteiger partial charge < -0.3 is 15.9 Å². The van der Waals surface area contributed by atoms with Crippen LogP contribution >= 0.6 is 35.7 Å². The Labute approximate surface area is 402 Å². The van der Waals surface area contributed by atoms with Crippen LogP contribution in [0.5, 0.6) is 11.5 Å². The molecule has 6 rings (SSSR count). The molecule has 0 atom stereocenters. The van der Waals surface area contributed by atoms with Crippen molar-refractivity contribution in [3.63, 3.8) is 0 Å². The third kappa shape index (κ3) is 11.2. The number of aromatic hydroxyl groups is 2. The van der Waals surface area contributed by atoms with Crippen molar-refractivity contribution in [2.24, 2.45) is 30.7 Å². The number of aryl methyl sites for hydroxylation is 1. The fourth-order valence-corrected chi connectivity index (χ4v) is 10.1. The van der Waals surface area contributed by atoms with Gasteiger partial charge in [-0.1, -0.05) is 21.7 Å². The molecule has 6 aromatic rings. The fraction of sp³-hybridized carbons (Fsp3) is 0.0303. The number of rotatable bonds is 17. The molecule has 0 fully saturated rings. The number of benzene rings is 6. The number of nitro groups is 1. The summed E-state index contributed by atoms with van der Waals surface area (Å²) in [6, 6.07) is 7.90. The second-order valence-electron chi connectivity index (χ2n) is 13.3. The number of nitrogens with two attached hydrogens (primary N) is 1. The number of nitrogen functional groups attached to an aromatic ring is 1. The van der Waals surface area contributed by atoms with Crippen LogP contribution in [0.2, 0.25) is 5.02 Å². The molecule has 0 radical (unpaired) electrons. The molecule has 70 heavy (non-hydrogen) atoms. The summed E-state index contributed by atoms with van der Waals surface area (Å²) in [5.41, 5.74) is 0.620. The van der Waals surface area contributed by atoms with Gasteiger partial charge >= 0.3 is 0 Å². The number of phenols is 2. The lowest BCUT2D eigenvalue weighted by molar-refractivity contribution is -0.432. The van der Waals surface area contributed by atoms with Gasteiger partial charge in [0.1, 0.15) is 53.7 Å². The van der Waals surface area contributed by atoms with Crippen LogP contribution < -0.4 is 5.73 Å². The molecule has 30 nitrogen and oxygen atoms in total. The number of fused-ring (bicyclic) bond motifs is 2. The van der Waals surface area contributed by atoms with Crippen LogP contribution in [0.1, 0.15) is 5.56 Å². The van der Waals surface area contributed by atoms with Crippen molar-refractivity contribution in [2.45, 2.75) is 36.3 Å². The van der Waals surface area contributed by atoms with Crippen molar-refractivity contribution in [1.82, 2.24) is 0 Å². The summed E-state index contributed by atoms with van der Waals surface area (Å²) in [6.45, 7) is 1.53. The van der Waals surface area contributed by atoms with E-state index in [1.165, 1.54) is 19.1 Å². The highest BCUT2D eigenvalue weighted by atomic mass is 35.5. The molecule has 0 aliphatic heterocycles. The van der Waals surface area contributed by atoms with E-state index in [4.69, 9.17) is 27.8 Å². The highest BCUT2D eigenvalue weighted by molar-refractivity contribution is 7.95. The number of azo groups is 3. The summed E-state index contributed by atoms with van der Waals surface area (Å²) < 4.78 is 151. The molecule has 37 heteroatoms. The number of hydrogen-bond donors (Lipinski definition) is 9. The minimum absolute atomic E-state index is 0.00530. The zero-order chi connectivity index (χ0) is 51.8. The Hall–Kier alpha value is -6.17. The third-order valence-electron chi connectivity index (χ3n) is 9.06. The second-order valence-corrected chi connectivity index (χ2v) is 20.7. The van der Waals surface area contributed by atoms with Gasteiger partial charge in [-0.3, -0.25) is 28.3 Å². The predicted octanol–water partition coefficient (Wildman–Crippen LogP) is 8.95. The Kier molecular flexibility index (Phi) is 15.4. The molecule has 0 spiro atoms. The standard InChI is InChI=1S/C33H23ClN8O22S6/c1-12-6-20(22(10-17(12)34)65-63-61-47)38-41-30-26(69(55,56)57)9-15-14(31(30)43)3-5-19(33(15)70(58,59)60)37-39-21-11-24(67(49,50)51)16-8-23(66-64-62-48)29(32(44)27(16)28(21)35)40-36-18-4-2-13(42(45)46)7-25(18)68(52,53)54/h2-11,43-44,47-48H,35H2,1H3,(H,49,50,51)(H,52,53,54)(H,55,56,57)(H,58,59,60). The van der Waals surface area contributed by atoms with Crippen LogP contribution in [0.25, 0.3) is 21.5 Å². The molecule has 0 unspecified atom stereocenters. The first-order chi connectivity index (χ1) is 32.6. The largest absolute Gasteiger partial charge is 0.505 e. The van der Waals surface area contributed by atoms with Gasteiger partial charge in [-0.2, -0.15) is 33.7 Å². The molecule has 0 bridgehead atoms. The highest BCUT2D eigenvalue weighted by Gasteiger charge is 2.30. The third-order valence-corrected chi connectivity index (χ3v) is 14.3. The number of halogens is 1. The van der Waals surface area contributed by atoms with E-state index in [1.807, 2.05) is 0 Å². The molecule has 0 aliphatic rings. The van der Waals surface area contributed by atoms with Gasteiger partial charge in [0.25, 0.3) is 46.2 Å². The van der Waals surface area contributed by atoms with Crippen molar-refractivity contribution >= 4 is 143 Å². The summed E-state index contributed by atoms with van der Waals surface area (Å²) in [5.74, 6) is -2.35. The monoisotopic (exact) mass is 1110 g/mol. The van der Waals surface area contributed by atoms with E-state index < -0.39 is 143 Å². The average Bonchev–Trinajstić information content (AvgIpc) is 3.25. The van der Waals surface area contributed by atoms with Crippen LogP contribution in [0.4, 0.5) is 45.5 Å². The molecule has 0 aromatic heterocycles. The minimum atomic E-state index is -5.60. The molecule has 0 saturated carbocycles. The lowest BCUT2D eigenvalue weighted by Gasteiger charge is -2.15. The predicted molar refractivity (Wildman–Crippen MR) is 238 cm³/mol. The van der Waals surface area contributed by atoms with E-state index in [9.17, 15) is 72.2 Å². The number of anilines is 1. The van der Waals surface area contributed by atoms with Gasteiger partial charge in [0, 0.05) is 33.3 Å². The SMILES string of the molecule is Cc1cc(N=Nc2c(S(=O)(=O)O)cc3c(S(=O)(=O)O)c(N=Nc4cc(S(=O)(=O)O)c5cc(SOOO)c(N=Nc6ccc([N+](=O)[O-])cc6S(=O)(=O)O)c(O)c5c4N)ccc3c2O)c(SOOO)cc1Cl. The van der Waals surface area contributed by atoms with Gasteiger partial charge in [-0.05, 0) is 61.0 Å². The van der Waals surface area contributed by atoms with Crippen LogP contribution in [0.3, 0.4) is 0 Å². The normalized spacial score (nSPS) is 12.9. The van der Waals surface area contributed by atoms with Crippen molar-refractivity contribution in [3.05, 3.63) is 81.4 Å². The highest BCUT2D eigenvalue weighted by Crippen LogP contribution is 2.51. The van der Waals surface area contributed by atoms with Gasteiger partial charge in [0.05, 0.1) is 49.9 Å². The Bertz CT molecular complexity index is 3750. The Balaban J connectivity index is 1.58. The second kappa shape index (κ2) is 20.3. The Morgan fingerprint density at radius 1 is 0.600 bits per heavy atom. The first kappa shape index (κ1) is 53.2. The molecular formula is C33H23ClN8O22S6. The molecule has 10 N–H and O–H groups in total. The molecule has 0 saturated heterocycles. The van der Waals surface area contributed by atoms with Gasteiger partial charge in [0.2, 0.25) is 0 Å². The first-order valence-corrected chi connectivity index (χ1v) is 25.2. The van der Waals surface area contributed by atoms with Crippen molar-refractivity contribution in [2.75, 3.05) is 5.73 Å². The minimum Gasteiger partial charge on any atom is -0.505 e. The number of nitro benzene ring substituents is 1. The van der Waals surface area contributed by atoms with Gasteiger partial charge in [-0.25, -0.2) is 10.5 Å². The maximum Gasteiger partial charge on any atom is 0.297 e. The maximum absolute atomic E-state index is 13.0. The van der Waals surface area contributed by atoms with E-state index in [0.29, 0.717) is 35.8 Å². The van der Waals surface area contributed by atoms with Gasteiger partial charge in [0.15, 0.2) is 11.5 Å². The van der Waals surface area contributed by atoms with Crippen LogP contribution in [-0.2, 0) is 59.2 Å². The molecular weight excluding hydrogens is 1090 g/mol. The quantitative estimate of drug-likeness (QED) is 0.00782. The molecule has 6 aromatic carbocycles.